The predicted molar refractivity (Wildman–Crippen MR) is 111 cm³/mol. The second-order valence-corrected chi connectivity index (χ2v) is 6.76. The van der Waals surface area contributed by atoms with E-state index in [0.717, 1.165) is 12.3 Å². The molecule has 0 radical (unpaired) electrons. The van der Waals surface area contributed by atoms with Crippen LogP contribution in [0.3, 0.4) is 0 Å². The van der Waals surface area contributed by atoms with Gasteiger partial charge in [0.25, 0.3) is 5.91 Å². The number of hydrogen-bond acceptors (Lipinski definition) is 7. The number of carbonyl (C=O) groups is 1. The van der Waals surface area contributed by atoms with Gasteiger partial charge >= 0.3 is 6.18 Å². The molecule has 0 aliphatic rings. The van der Waals surface area contributed by atoms with E-state index < -0.39 is 24.3 Å². The zero-order valence-corrected chi connectivity index (χ0v) is 17.0. The van der Waals surface area contributed by atoms with Crippen LogP contribution >= 0.6 is 0 Å². The lowest BCUT2D eigenvalue weighted by Gasteiger charge is -2.11. The quantitative estimate of drug-likeness (QED) is 0.435. The third-order valence-electron chi connectivity index (χ3n) is 4.63. The Morgan fingerprint density at radius 1 is 1.00 bits per heavy atom. The van der Waals surface area contributed by atoms with Gasteiger partial charge in [-0.15, -0.1) is 0 Å². The van der Waals surface area contributed by atoms with E-state index in [1.54, 1.807) is 6.07 Å². The van der Waals surface area contributed by atoms with Crippen LogP contribution in [0.2, 0.25) is 0 Å². The van der Waals surface area contributed by atoms with Crippen LogP contribution < -0.4 is 10.6 Å². The summed E-state index contributed by atoms with van der Waals surface area (Å²) in [4.78, 5) is 32.8. The van der Waals surface area contributed by atoms with Crippen molar-refractivity contribution in [1.82, 2.24) is 30.2 Å². The second kappa shape index (κ2) is 8.73. The number of nitrogens with one attached hydrogen (secondary N) is 2. The van der Waals surface area contributed by atoms with Crippen LogP contribution in [0, 0.1) is 0 Å². The molecule has 0 spiro atoms. The van der Waals surface area contributed by atoms with Gasteiger partial charge < -0.3 is 10.6 Å². The highest BCUT2D eigenvalue weighted by Crippen LogP contribution is 2.30. The molecule has 4 aromatic heterocycles. The predicted octanol–water partition coefficient (Wildman–Crippen LogP) is 4.07. The van der Waals surface area contributed by atoms with E-state index in [1.807, 2.05) is 0 Å². The maximum atomic E-state index is 13.5. The largest absolute Gasteiger partial charge is 0.417 e. The number of nitrogens with zero attached hydrogens (tertiary/aromatic N) is 5. The van der Waals surface area contributed by atoms with Gasteiger partial charge in [-0.2, -0.15) is 13.2 Å². The molecule has 0 fully saturated rings. The van der Waals surface area contributed by atoms with Crippen LogP contribution in [-0.4, -0.2) is 37.9 Å². The first-order valence-electron chi connectivity index (χ1n) is 9.50. The van der Waals surface area contributed by atoms with Gasteiger partial charge in [-0.3, -0.25) is 4.79 Å². The number of rotatable bonds is 5. The summed E-state index contributed by atoms with van der Waals surface area (Å²) in [5.74, 6) is -0.273. The van der Waals surface area contributed by atoms with Crippen molar-refractivity contribution >= 4 is 28.6 Å². The molecule has 12 heteroatoms. The van der Waals surface area contributed by atoms with Gasteiger partial charge in [0.2, 0.25) is 0 Å². The molecule has 0 unspecified atom stereocenters. The van der Waals surface area contributed by atoms with Gasteiger partial charge in [0.1, 0.15) is 29.4 Å². The lowest BCUT2D eigenvalue weighted by Crippen LogP contribution is -2.19. The fourth-order valence-corrected chi connectivity index (χ4v) is 2.98. The van der Waals surface area contributed by atoms with Crippen LogP contribution in [0.25, 0.3) is 22.6 Å². The molecule has 8 nitrogen and oxygen atoms in total. The summed E-state index contributed by atoms with van der Waals surface area (Å²) in [5.41, 5.74) is 0.698. The molecule has 0 saturated carbocycles. The Hall–Kier alpha value is -4.22. The van der Waals surface area contributed by atoms with Crippen molar-refractivity contribution in [2.75, 3.05) is 12.4 Å². The maximum Gasteiger partial charge on any atom is 0.417 e. The minimum Gasteiger partial charge on any atom is -0.354 e. The average molecular weight is 457 g/mol. The standard InChI is InChI=1S/C21H15F4N7O/c1-26-20(33)14-4-2-11(8-22)17(31-14)15-10-29-18-13(6-7-27-19(18)32-15)30-16-5-3-12(9-28-16)21(23,24)25/h2-7,9-10H,8H2,1H3,(H,26,33)(H,27,28,30,32). The van der Waals surface area contributed by atoms with Crippen LogP contribution in [0.5, 0.6) is 0 Å². The third kappa shape index (κ3) is 4.54. The highest BCUT2D eigenvalue weighted by atomic mass is 19.4. The van der Waals surface area contributed by atoms with Crippen LogP contribution in [0.1, 0.15) is 21.6 Å². The van der Waals surface area contributed by atoms with Gasteiger partial charge in [-0.1, -0.05) is 6.07 Å². The summed E-state index contributed by atoms with van der Waals surface area (Å²) >= 11 is 0. The third-order valence-corrected chi connectivity index (χ3v) is 4.63. The highest BCUT2D eigenvalue weighted by molar-refractivity contribution is 5.93. The number of amides is 1. The Balaban J connectivity index is 1.70. The summed E-state index contributed by atoms with van der Waals surface area (Å²) in [7, 11) is 1.45. The topological polar surface area (TPSA) is 106 Å². The number of aromatic nitrogens is 5. The monoisotopic (exact) mass is 457 g/mol. The van der Waals surface area contributed by atoms with Crippen molar-refractivity contribution in [2.45, 2.75) is 12.9 Å². The Morgan fingerprint density at radius 3 is 2.48 bits per heavy atom. The molecule has 33 heavy (non-hydrogen) atoms. The molecule has 0 atom stereocenters. The van der Waals surface area contributed by atoms with E-state index in [1.165, 1.54) is 37.6 Å². The first kappa shape index (κ1) is 22.0. The molecule has 0 aliphatic heterocycles. The fraction of sp³-hybridized carbons (Fsp3) is 0.143. The van der Waals surface area contributed by atoms with Gasteiger partial charge in [0.05, 0.1) is 23.1 Å². The number of alkyl halides is 4. The average Bonchev–Trinajstić information content (AvgIpc) is 2.82. The van der Waals surface area contributed by atoms with Crippen LogP contribution in [0.15, 0.2) is 48.9 Å². The Kier molecular flexibility index (Phi) is 5.82. The first-order valence-corrected chi connectivity index (χ1v) is 9.50. The van der Waals surface area contributed by atoms with E-state index in [2.05, 4.69) is 35.6 Å². The van der Waals surface area contributed by atoms with Gasteiger partial charge in [0.15, 0.2) is 5.65 Å². The first-order chi connectivity index (χ1) is 15.8. The number of hydrogen-bond donors (Lipinski definition) is 2. The summed E-state index contributed by atoms with van der Waals surface area (Å²) in [6.07, 6.45) is -0.986. The Morgan fingerprint density at radius 2 is 1.82 bits per heavy atom. The Labute approximate surface area is 184 Å². The van der Waals surface area contributed by atoms with E-state index in [9.17, 15) is 22.4 Å². The molecule has 0 aliphatic carbocycles. The number of fused-ring (bicyclic) bond motifs is 1. The molecular formula is C21H15F4N7O. The van der Waals surface area contributed by atoms with E-state index in [0.29, 0.717) is 11.2 Å². The van der Waals surface area contributed by atoms with Crippen LogP contribution in [0.4, 0.5) is 29.1 Å². The van der Waals surface area contributed by atoms with Crippen molar-refractivity contribution in [3.63, 3.8) is 0 Å². The molecular weight excluding hydrogens is 442 g/mol. The normalized spacial score (nSPS) is 11.4. The van der Waals surface area contributed by atoms with E-state index >= 15 is 0 Å². The highest BCUT2D eigenvalue weighted by Gasteiger charge is 2.30. The second-order valence-electron chi connectivity index (χ2n) is 6.76. The Bertz CT molecular complexity index is 1330. The SMILES string of the molecule is CNC(=O)c1ccc(CF)c(-c2cnc3c(Nc4ccc(C(F)(F)F)cn4)ccnc3n2)n1. The van der Waals surface area contributed by atoms with E-state index in [-0.39, 0.29) is 34.1 Å². The minimum atomic E-state index is -4.49. The molecule has 1 amide bonds. The van der Waals surface area contributed by atoms with Crippen LogP contribution in [-0.2, 0) is 12.9 Å². The molecule has 4 aromatic rings. The maximum absolute atomic E-state index is 13.5. The van der Waals surface area contributed by atoms with Crippen molar-refractivity contribution in [3.05, 3.63) is 65.7 Å². The summed E-state index contributed by atoms with van der Waals surface area (Å²) in [6, 6.07) is 6.52. The number of pyridine rings is 3. The molecule has 168 valence electrons. The minimum absolute atomic E-state index is 0.0864. The summed E-state index contributed by atoms with van der Waals surface area (Å²) in [5, 5.41) is 5.34. The molecule has 4 rings (SSSR count). The molecule has 0 saturated heterocycles. The number of halogens is 4. The summed E-state index contributed by atoms with van der Waals surface area (Å²) in [6.45, 7) is -0.829. The van der Waals surface area contributed by atoms with Crippen molar-refractivity contribution in [1.29, 1.82) is 0 Å². The van der Waals surface area contributed by atoms with Gasteiger partial charge in [-0.05, 0) is 24.3 Å². The van der Waals surface area contributed by atoms with E-state index in [4.69, 9.17) is 0 Å². The van der Waals surface area contributed by atoms with Gasteiger partial charge in [-0.25, -0.2) is 29.3 Å². The molecule has 0 bridgehead atoms. The number of anilines is 2. The molecule has 4 heterocycles. The lowest BCUT2D eigenvalue weighted by atomic mass is 10.1. The van der Waals surface area contributed by atoms with Crippen molar-refractivity contribution < 1.29 is 22.4 Å². The lowest BCUT2D eigenvalue weighted by molar-refractivity contribution is -0.137. The molecule has 2 N–H and O–H groups in total. The van der Waals surface area contributed by atoms with Crippen molar-refractivity contribution in [2.24, 2.45) is 0 Å². The fourth-order valence-electron chi connectivity index (χ4n) is 2.98. The summed E-state index contributed by atoms with van der Waals surface area (Å²) < 4.78 is 51.7. The molecule has 0 aromatic carbocycles. The smallest absolute Gasteiger partial charge is 0.354 e. The number of carbonyl (C=O) groups excluding carboxylic acids is 1. The zero-order chi connectivity index (χ0) is 23.6. The van der Waals surface area contributed by atoms with Gasteiger partial charge in [0, 0.05) is 25.0 Å². The zero-order valence-electron chi connectivity index (χ0n) is 17.0. The van der Waals surface area contributed by atoms with Crippen molar-refractivity contribution in [3.8, 4) is 11.4 Å².